The Balaban J connectivity index is 4.18. The number of alkyl carbamates (subject to hydrolysis) is 1. The third kappa shape index (κ3) is 12.1. The van der Waals surface area contributed by atoms with E-state index in [9.17, 15) is 13.6 Å². The minimum atomic E-state index is -2.41. The van der Waals surface area contributed by atoms with Crippen molar-refractivity contribution in [3.63, 3.8) is 0 Å². The lowest BCUT2D eigenvalue weighted by Gasteiger charge is -2.23. The first-order valence-electron chi connectivity index (χ1n) is 6.71. The van der Waals surface area contributed by atoms with Gasteiger partial charge in [0.1, 0.15) is 5.60 Å². The van der Waals surface area contributed by atoms with Crippen LogP contribution in [-0.2, 0) is 9.47 Å². The van der Waals surface area contributed by atoms with Crippen molar-refractivity contribution in [3.05, 3.63) is 0 Å². The van der Waals surface area contributed by atoms with Crippen molar-refractivity contribution in [1.29, 1.82) is 0 Å². The predicted octanol–water partition coefficient (Wildman–Crippen LogP) is 2.32. The SMILES string of the molecule is CC(C)(C)OC(=O)NC(CCOCCO)CCC(F)F. The average molecular weight is 297 g/mol. The van der Waals surface area contributed by atoms with Crippen LogP contribution in [0.3, 0.4) is 0 Å². The largest absolute Gasteiger partial charge is 0.444 e. The number of amides is 1. The lowest BCUT2D eigenvalue weighted by Crippen LogP contribution is -2.40. The van der Waals surface area contributed by atoms with Gasteiger partial charge in [-0.05, 0) is 33.6 Å². The van der Waals surface area contributed by atoms with E-state index >= 15 is 0 Å². The Morgan fingerprint density at radius 3 is 2.35 bits per heavy atom. The fourth-order valence-corrected chi connectivity index (χ4v) is 1.48. The monoisotopic (exact) mass is 297 g/mol. The summed E-state index contributed by atoms with van der Waals surface area (Å²) < 4.78 is 34.6. The summed E-state index contributed by atoms with van der Waals surface area (Å²) in [7, 11) is 0. The van der Waals surface area contributed by atoms with Crippen LogP contribution < -0.4 is 5.32 Å². The number of halogens is 2. The van der Waals surface area contributed by atoms with E-state index in [4.69, 9.17) is 14.6 Å². The Labute approximate surface area is 118 Å². The van der Waals surface area contributed by atoms with Crippen LogP contribution in [0.15, 0.2) is 0 Å². The molecule has 0 aromatic carbocycles. The molecule has 0 spiro atoms. The van der Waals surface area contributed by atoms with Gasteiger partial charge in [0.2, 0.25) is 6.43 Å². The summed E-state index contributed by atoms with van der Waals surface area (Å²) in [5.74, 6) is 0. The third-order valence-electron chi connectivity index (χ3n) is 2.30. The van der Waals surface area contributed by atoms with Crippen molar-refractivity contribution < 1.29 is 28.2 Å². The molecule has 0 saturated carbocycles. The van der Waals surface area contributed by atoms with Gasteiger partial charge in [-0.15, -0.1) is 0 Å². The molecule has 120 valence electrons. The Morgan fingerprint density at radius 2 is 1.85 bits per heavy atom. The topological polar surface area (TPSA) is 67.8 Å². The minimum absolute atomic E-state index is 0.0960. The number of ether oxygens (including phenoxy) is 2. The molecule has 0 saturated heterocycles. The van der Waals surface area contributed by atoms with Gasteiger partial charge in [-0.1, -0.05) is 0 Å². The quantitative estimate of drug-likeness (QED) is 0.641. The van der Waals surface area contributed by atoms with E-state index in [0.29, 0.717) is 6.42 Å². The molecule has 0 heterocycles. The van der Waals surface area contributed by atoms with Crippen LogP contribution >= 0.6 is 0 Å². The molecular weight excluding hydrogens is 272 g/mol. The van der Waals surface area contributed by atoms with Crippen LogP contribution in [0.4, 0.5) is 13.6 Å². The van der Waals surface area contributed by atoms with Crippen molar-refractivity contribution >= 4 is 6.09 Å². The number of nitrogens with one attached hydrogen (secondary N) is 1. The molecule has 0 aliphatic heterocycles. The van der Waals surface area contributed by atoms with Crippen LogP contribution in [0.2, 0.25) is 0 Å². The van der Waals surface area contributed by atoms with Crippen molar-refractivity contribution in [3.8, 4) is 0 Å². The third-order valence-corrected chi connectivity index (χ3v) is 2.30. The Bertz CT molecular complexity index is 270. The maximum atomic E-state index is 12.2. The second-order valence-corrected chi connectivity index (χ2v) is 5.44. The number of hydrogen-bond acceptors (Lipinski definition) is 4. The van der Waals surface area contributed by atoms with Gasteiger partial charge in [0.15, 0.2) is 0 Å². The van der Waals surface area contributed by atoms with Crippen LogP contribution in [0, 0.1) is 0 Å². The van der Waals surface area contributed by atoms with Gasteiger partial charge in [-0.3, -0.25) is 0 Å². The molecule has 0 aliphatic carbocycles. The normalized spacial score (nSPS) is 13.3. The van der Waals surface area contributed by atoms with E-state index in [-0.39, 0.29) is 32.7 Å². The first kappa shape index (κ1) is 19.1. The van der Waals surface area contributed by atoms with Gasteiger partial charge in [-0.25, -0.2) is 13.6 Å². The van der Waals surface area contributed by atoms with E-state index in [0.717, 1.165) is 0 Å². The van der Waals surface area contributed by atoms with E-state index in [1.54, 1.807) is 20.8 Å². The Hall–Kier alpha value is -0.950. The summed E-state index contributed by atoms with van der Waals surface area (Å²) in [6.07, 6.45) is -2.78. The number of aliphatic hydroxyl groups excluding tert-OH is 1. The molecule has 0 rings (SSSR count). The van der Waals surface area contributed by atoms with Crippen LogP contribution in [0.25, 0.3) is 0 Å². The molecule has 1 amide bonds. The molecule has 20 heavy (non-hydrogen) atoms. The number of alkyl halides is 2. The lowest BCUT2D eigenvalue weighted by molar-refractivity contribution is 0.0455. The summed E-state index contributed by atoms with van der Waals surface area (Å²) in [5, 5.41) is 11.1. The summed E-state index contributed by atoms with van der Waals surface area (Å²) in [6.45, 7) is 5.56. The van der Waals surface area contributed by atoms with E-state index < -0.39 is 24.2 Å². The maximum Gasteiger partial charge on any atom is 0.407 e. The van der Waals surface area contributed by atoms with Gasteiger partial charge in [-0.2, -0.15) is 0 Å². The average Bonchev–Trinajstić information content (AvgIpc) is 2.28. The number of hydrogen-bond donors (Lipinski definition) is 2. The first-order chi connectivity index (χ1) is 9.24. The second kappa shape index (κ2) is 9.88. The zero-order valence-corrected chi connectivity index (χ0v) is 12.3. The van der Waals surface area contributed by atoms with Gasteiger partial charge >= 0.3 is 6.09 Å². The zero-order valence-electron chi connectivity index (χ0n) is 12.3. The molecule has 0 aromatic heterocycles. The molecule has 1 unspecified atom stereocenters. The first-order valence-corrected chi connectivity index (χ1v) is 6.71. The highest BCUT2D eigenvalue weighted by Crippen LogP contribution is 2.11. The second-order valence-electron chi connectivity index (χ2n) is 5.44. The Morgan fingerprint density at radius 1 is 1.20 bits per heavy atom. The molecule has 5 nitrogen and oxygen atoms in total. The van der Waals surface area contributed by atoms with Crippen LogP contribution in [0.1, 0.15) is 40.0 Å². The summed E-state index contributed by atoms with van der Waals surface area (Å²) >= 11 is 0. The van der Waals surface area contributed by atoms with Gasteiger partial charge in [0.25, 0.3) is 0 Å². The van der Waals surface area contributed by atoms with Crippen molar-refractivity contribution in [1.82, 2.24) is 5.32 Å². The van der Waals surface area contributed by atoms with Crippen LogP contribution in [-0.4, -0.2) is 49.1 Å². The molecular formula is C13H25F2NO4. The van der Waals surface area contributed by atoms with E-state index in [1.165, 1.54) is 0 Å². The lowest BCUT2D eigenvalue weighted by atomic mass is 10.1. The summed E-state index contributed by atoms with van der Waals surface area (Å²) in [4.78, 5) is 11.6. The van der Waals surface area contributed by atoms with Gasteiger partial charge in [0.05, 0.1) is 13.2 Å². The number of rotatable bonds is 9. The van der Waals surface area contributed by atoms with Crippen molar-refractivity contribution in [2.45, 2.75) is 58.1 Å². The molecule has 0 bridgehead atoms. The Kier molecular flexibility index (Phi) is 9.41. The van der Waals surface area contributed by atoms with Crippen molar-refractivity contribution in [2.24, 2.45) is 0 Å². The smallest absolute Gasteiger partial charge is 0.407 e. The predicted molar refractivity (Wildman–Crippen MR) is 70.9 cm³/mol. The fourth-order valence-electron chi connectivity index (χ4n) is 1.48. The molecule has 7 heteroatoms. The van der Waals surface area contributed by atoms with Gasteiger partial charge in [0, 0.05) is 19.1 Å². The van der Waals surface area contributed by atoms with Crippen LogP contribution in [0.5, 0.6) is 0 Å². The highest BCUT2D eigenvalue weighted by molar-refractivity contribution is 5.68. The zero-order chi connectivity index (χ0) is 15.6. The van der Waals surface area contributed by atoms with E-state index in [1.807, 2.05) is 0 Å². The summed E-state index contributed by atoms with van der Waals surface area (Å²) in [6, 6.07) is -0.433. The number of carbonyl (C=O) groups is 1. The fraction of sp³-hybridized carbons (Fsp3) is 0.923. The molecule has 2 N–H and O–H groups in total. The maximum absolute atomic E-state index is 12.2. The molecule has 0 fully saturated rings. The highest BCUT2D eigenvalue weighted by Gasteiger charge is 2.20. The van der Waals surface area contributed by atoms with Crippen molar-refractivity contribution in [2.75, 3.05) is 19.8 Å². The van der Waals surface area contributed by atoms with E-state index in [2.05, 4.69) is 5.32 Å². The number of aliphatic hydroxyl groups is 1. The number of carbonyl (C=O) groups excluding carboxylic acids is 1. The standard InChI is InChI=1S/C13H25F2NO4/c1-13(2,3)20-12(18)16-10(4-5-11(14)15)6-8-19-9-7-17/h10-11,17H,4-9H2,1-3H3,(H,16,18). The molecule has 0 radical (unpaired) electrons. The van der Waals surface area contributed by atoms with Gasteiger partial charge < -0.3 is 19.9 Å². The minimum Gasteiger partial charge on any atom is -0.444 e. The summed E-state index contributed by atoms with van der Waals surface area (Å²) in [5.41, 5.74) is -0.634. The molecule has 1 atom stereocenters. The highest BCUT2D eigenvalue weighted by atomic mass is 19.3. The molecule has 0 aromatic rings. The molecule has 0 aliphatic rings.